The van der Waals surface area contributed by atoms with Crippen LogP contribution in [0.2, 0.25) is 0 Å². The van der Waals surface area contributed by atoms with Gasteiger partial charge in [-0.05, 0) is 45.6 Å². The lowest BCUT2D eigenvalue weighted by Gasteiger charge is -2.31. The van der Waals surface area contributed by atoms with Crippen molar-refractivity contribution < 1.29 is 4.79 Å². The number of aryl methyl sites for hydroxylation is 2. The monoisotopic (exact) mass is 328 g/mol. The Morgan fingerprint density at radius 2 is 2.00 bits per heavy atom. The lowest BCUT2D eigenvalue weighted by atomic mass is 10.0. The fourth-order valence-electron chi connectivity index (χ4n) is 3.49. The van der Waals surface area contributed by atoms with Crippen LogP contribution in [0.3, 0.4) is 0 Å². The van der Waals surface area contributed by atoms with Crippen LogP contribution in [0.1, 0.15) is 66.4 Å². The van der Waals surface area contributed by atoms with Crippen LogP contribution in [0, 0.1) is 6.92 Å². The van der Waals surface area contributed by atoms with Gasteiger partial charge >= 0.3 is 0 Å². The predicted molar refractivity (Wildman–Crippen MR) is 88.8 cm³/mol. The molecule has 7 nitrogen and oxygen atoms in total. The van der Waals surface area contributed by atoms with Crippen molar-refractivity contribution in [2.45, 2.75) is 58.0 Å². The number of amides is 1. The van der Waals surface area contributed by atoms with Crippen molar-refractivity contribution in [2.75, 3.05) is 13.1 Å². The van der Waals surface area contributed by atoms with Crippen LogP contribution >= 0.6 is 0 Å². The van der Waals surface area contributed by atoms with Crippen LogP contribution < -0.4 is 0 Å². The molecule has 2 fully saturated rings. The van der Waals surface area contributed by atoms with Crippen molar-refractivity contribution in [1.29, 1.82) is 0 Å². The third kappa shape index (κ3) is 2.83. The molecule has 3 heterocycles. The van der Waals surface area contributed by atoms with E-state index in [4.69, 9.17) is 0 Å². The fourth-order valence-corrected chi connectivity index (χ4v) is 3.49. The first kappa shape index (κ1) is 15.4. The van der Waals surface area contributed by atoms with Gasteiger partial charge < -0.3 is 4.90 Å². The standard InChI is InChI=1S/C17H24N6O/c1-3-22-16(10-12(2)19-22)17(24)21-8-6-14(7-9-21)23-11-15(18-20-23)13-4-5-13/h10-11,13-14H,3-9H2,1-2H3. The molecule has 2 aromatic heterocycles. The second kappa shape index (κ2) is 6.03. The summed E-state index contributed by atoms with van der Waals surface area (Å²) in [6.45, 7) is 6.18. The van der Waals surface area contributed by atoms with Gasteiger partial charge in [0.1, 0.15) is 5.69 Å². The summed E-state index contributed by atoms with van der Waals surface area (Å²) in [7, 11) is 0. The highest BCUT2D eigenvalue weighted by molar-refractivity contribution is 5.92. The van der Waals surface area contributed by atoms with Crippen LogP contribution in [-0.4, -0.2) is 48.7 Å². The van der Waals surface area contributed by atoms with Gasteiger partial charge in [-0.15, -0.1) is 5.10 Å². The second-order valence-electron chi connectivity index (χ2n) is 6.91. The minimum atomic E-state index is 0.0909. The number of hydrogen-bond donors (Lipinski definition) is 0. The number of likely N-dealkylation sites (tertiary alicyclic amines) is 1. The van der Waals surface area contributed by atoms with Crippen molar-refractivity contribution in [3.05, 3.63) is 29.3 Å². The first-order valence-electron chi connectivity index (χ1n) is 8.91. The fraction of sp³-hybridized carbons (Fsp3) is 0.647. The summed E-state index contributed by atoms with van der Waals surface area (Å²) in [5.74, 6) is 0.728. The molecule has 1 saturated carbocycles. The third-order valence-electron chi connectivity index (χ3n) is 5.07. The maximum absolute atomic E-state index is 12.8. The molecule has 0 spiro atoms. The number of rotatable bonds is 4. The van der Waals surface area contributed by atoms with E-state index in [1.807, 2.05) is 29.5 Å². The Bertz CT molecular complexity index is 736. The number of carbonyl (C=O) groups is 1. The summed E-state index contributed by atoms with van der Waals surface area (Å²) in [5, 5.41) is 13.0. The summed E-state index contributed by atoms with van der Waals surface area (Å²) < 4.78 is 3.80. The summed E-state index contributed by atoms with van der Waals surface area (Å²) in [5.41, 5.74) is 2.73. The average molecular weight is 328 g/mol. The van der Waals surface area contributed by atoms with Gasteiger partial charge in [0.05, 0.1) is 17.4 Å². The zero-order valence-electron chi connectivity index (χ0n) is 14.4. The van der Waals surface area contributed by atoms with Gasteiger partial charge in [0.15, 0.2) is 0 Å². The van der Waals surface area contributed by atoms with Crippen molar-refractivity contribution in [2.24, 2.45) is 0 Å². The van der Waals surface area contributed by atoms with Crippen LogP contribution in [0.15, 0.2) is 12.3 Å². The molecule has 1 amide bonds. The SMILES string of the molecule is CCn1nc(C)cc1C(=O)N1CCC(n2cc(C3CC3)nn2)CC1. The largest absolute Gasteiger partial charge is 0.337 e. The molecule has 7 heteroatoms. The van der Waals surface area contributed by atoms with Crippen LogP contribution in [0.25, 0.3) is 0 Å². The molecule has 1 aliphatic heterocycles. The molecule has 1 aliphatic carbocycles. The molecule has 2 aliphatic rings. The summed E-state index contributed by atoms with van der Waals surface area (Å²) in [6, 6.07) is 2.24. The zero-order valence-corrected chi connectivity index (χ0v) is 14.4. The Labute approximate surface area is 141 Å². The van der Waals surface area contributed by atoms with Crippen LogP contribution in [-0.2, 0) is 6.54 Å². The number of nitrogens with zero attached hydrogens (tertiary/aromatic N) is 6. The van der Waals surface area contributed by atoms with E-state index in [-0.39, 0.29) is 5.91 Å². The number of aromatic nitrogens is 5. The highest BCUT2D eigenvalue weighted by atomic mass is 16.2. The van der Waals surface area contributed by atoms with Gasteiger partial charge in [-0.3, -0.25) is 9.48 Å². The van der Waals surface area contributed by atoms with Crippen LogP contribution in [0.4, 0.5) is 0 Å². The first-order chi connectivity index (χ1) is 11.7. The van der Waals surface area contributed by atoms with E-state index >= 15 is 0 Å². The molecule has 4 rings (SSSR count). The molecule has 0 unspecified atom stereocenters. The van der Waals surface area contributed by atoms with Crippen molar-refractivity contribution in [1.82, 2.24) is 29.7 Å². The Morgan fingerprint density at radius 1 is 1.25 bits per heavy atom. The zero-order chi connectivity index (χ0) is 16.7. The average Bonchev–Trinajstić information content (AvgIpc) is 3.21. The number of piperidine rings is 1. The minimum Gasteiger partial charge on any atom is -0.337 e. The maximum Gasteiger partial charge on any atom is 0.272 e. The van der Waals surface area contributed by atoms with E-state index in [1.165, 1.54) is 12.8 Å². The third-order valence-corrected chi connectivity index (χ3v) is 5.07. The van der Waals surface area contributed by atoms with Gasteiger partial charge in [0.25, 0.3) is 5.91 Å². The molecule has 0 radical (unpaired) electrons. The Hall–Kier alpha value is -2.18. The minimum absolute atomic E-state index is 0.0909. The Kier molecular flexibility index (Phi) is 3.86. The smallest absolute Gasteiger partial charge is 0.272 e. The molecule has 128 valence electrons. The Balaban J connectivity index is 1.40. The summed E-state index contributed by atoms with van der Waals surface area (Å²) >= 11 is 0. The van der Waals surface area contributed by atoms with Gasteiger partial charge in [-0.25, -0.2) is 4.68 Å². The van der Waals surface area contributed by atoms with Crippen LogP contribution in [0.5, 0.6) is 0 Å². The quantitative estimate of drug-likeness (QED) is 0.862. The highest BCUT2D eigenvalue weighted by Crippen LogP contribution is 2.39. The van der Waals surface area contributed by atoms with Gasteiger partial charge in [-0.2, -0.15) is 5.10 Å². The number of carbonyl (C=O) groups excluding carboxylic acids is 1. The first-order valence-corrected chi connectivity index (χ1v) is 8.91. The highest BCUT2D eigenvalue weighted by Gasteiger charge is 2.30. The van der Waals surface area contributed by atoms with E-state index in [2.05, 4.69) is 21.6 Å². The van der Waals surface area contributed by atoms with E-state index in [0.29, 0.717) is 24.2 Å². The predicted octanol–water partition coefficient (Wildman–Crippen LogP) is 2.16. The lowest BCUT2D eigenvalue weighted by Crippen LogP contribution is -2.40. The molecular weight excluding hydrogens is 304 g/mol. The van der Waals surface area contributed by atoms with E-state index in [0.717, 1.165) is 37.3 Å². The molecule has 0 aromatic carbocycles. The van der Waals surface area contributed by atoms with E-state index in [9.17, 15) is 4.79 Å². The molecule has 24 heavy (non-hydrogen) atoms. The lowest BCUT2D eigenvalue weighted by molar-refractivity contribution is 0.0676. The second-order valence-corrected chi connectivity index (χ2v) is 6.91. The van der Waals surface area contributed by atoms with Crippen molar-refractivity contribution >= 4 is 5.91 Å². The van der Waals surface area contributed by atoms with E-state index < -0.39 is 0 Å². The molecule has 0 N–H and O–H groups in total. The maximum atomic E-state index is 12.8. The van der Waals surface area contributed by atoms with Gasteiger partial charge in [0.2, 0.25) is 0 Å². The molecular formula is C17H24N6O. The topological polar surface area (TPSA) is 68.8 Å². The summed E-state index contributed by atoms with van der Waals surface area (Å²) in [4.78, 5) is 14.7. The number of hydrogen-bond acceptors (Lipinski definition) is 4. The van der Waals surface area contributed by atoms with Crippen molar-refractivity contribution in [3.8, 4) is 0 Å². The molecule has 1 saturated heterocycles. The molecule has 2 aromatic rings. The normalized spacial score (nSPS) is 19.0. The van der Waals surface area contributed by atoms with Gasteiger partial charge in [-0.1, -0.05) is 5.21 Å². The van der Waals surface area contributed by atoms with Crippen molar-refractivity contribution in [3.63, 3.8) is 0 Å². The Morgan fingerprint density at radius 3 is 2.67 bits per heavy atom. The summed E-state index contributed by atoms with van der Waals surface area (Å²) in [6.07, 6.45) is 6.46. The van der Waals surface area contributed by atoms with E-state index in [1.54, 1.807) is 4.68 Å². The molecule has 0 atom stereocenters. The molecule has 0 bridgehead atoms. The van der Waals surface area contributed by atoms with Gasteiger partial charge in [0, 0.05) is 31.7 Å².